The number of para-hydroxylation sites is 1. The summed E-state index contributed by atoms with van der Waals surface area (Å²) in [6.45, 7) is 4.97. The van der Waals surface area contributed by atoms with E-state index in [2.05, 4.69) is 49.7 Å². The van der Waals surface area contributed by atoms with Gasteiger partial charge in [0.25, 0.3) is 5.91 Å². The van der Waals surface area contributed by atoms with E-state index >= 15 is 0 Å². The van der Waals surface area contributed by atoms with Crippen molar-refractivity contribution < 1.29 is 4.79 Å². The number of anilines is 1. The highest BCUT2D eigenvalue weighted by Crippen LogP contribution is 2.15. The molecule has 6 nitrogen and oxygen atoms in total. The molecule has 1 fully saturated rings. The molecular formula is C21H28IN5O. The predicted molar refractivity (Wildman–Crippen MR) is 126 cm³/mol. The Balaban J connectivity index is 0.00000280. The van der Waals surface area contributed by atoms with Gasteiger partial charge in [-0.1, -0.05) is 36.4 Å². The van der Waals surface area contributed by atoms with E-state index in [9.17, 15) is 4.79 Å². The molecule has 1 saturated heterocycles. The van der Waals surface area contributed by atoms with E-state index < -0.39 is 0 Å². The van der Waals surface area contributed by atoms with E-state index in [1.165, 1.54) is 5.69 Å². The van der Waals surface area contributed by atoms with E-state index in [-0.39, 0.29) is 29.9 Å². The molecule has 0 unspecified atom stereocenters. The van der Waals surface area contributed by atoms with Crippen molar-refractivity contribution in [3.8, 4) is 0 Å². The maximum absolute atomic E-state index is 12.0. The zero-order valence-electron chi connectivity index (χ0n) is 16.2. The number of guanidine groups is 1. The largest absolute Gasteiger partial charge is 0.368 e. The van der Waals surface area contributed by atoms with Crippen LogP contribution in [0.1, 0.15) is 10.4 Å². The highest BCUT2D eigenvalue weighted by atomic mass is 127. The van der Waals surface area contributed by atoms with Gasteiger partial charge < -0.3 is 20.4 Å². The highest BCUT2D eigenvalue weighted by Gasteiger charge is 2.19. The van der Waals surface area contributed by atoms with Gasteiger partial charge >= 0.3 is 0 Å². The van der Waals surface area contributed by atoms with Gasteiger partial charge in [-0.2, -0.15) is 0 Å². The summed E-state index contributed by atoms with van der Waals surface area (Å²) in [6.07, 6.45) is 0. The van der Waals surface area contributed by atoms with Gasteiger partial charge in [-0.05, 0) is 24.3 Å². The normalized spacial score (nSPS) is 14.2. The van der Waals surface area contributed by atoms with Crippen LogP contribution in [0.3, 0.4) is 0 Å². The summed E-state index contributed by atoms with van der Waals surface area (Å²) in [5.41, 5.74) is 1.95. The zero-order chi connectivity index (χ0) is 18.9. The Kier molecular flexibility index (Phi) is 9.06. The quantitative estimate of drug-likeness (QED) is 0.291. The Labute approximate surface area is 184 Å². The lowest BCUT2D eigenvalue weighted by molar-refractivity contribution is 0.0954. The SMILES string of the molecule is CN=C(NCCNC(=O)c1ccccc1)N1CCN(c2ccccc2)CC1.I. The van der Waals surface area contributed by atoms with Crippen LogP contribution < -0.4 is 15.5 Å². The molecule has 28 heavy (non-hydrogen) atoms. The van der Waals surface area contributed by atoms with Gasteiger partial charge in [0.15, 0.2) is 5.96 Å². The van der Waals surface area contributed by atoms with Crippen LogP contribution in [0.2, 0.25) is 0 Å². The number of aliphatic imine (C=N–C) groups is 1. The summed E-state index contributed by atoms with van der Waals surface area (Å²) >= 11 is 0. The summed E-state index contributed by atoms with van der Waals surface area (Å²) in [5.74, 6) is 0.834. The average molecular weight is 493 g/mol. The fourth-order valence-electron chi connectivity index (χ4n) is 3.19. The van der Waals surface area contributed by atoms with Crippen LogP contribution in [0, 0.1) is 0 Å². The number of hydrogen-bond donors (Lipinski definition) is 2. The molecule has 2 aromatic carbocycles. The minimum absolute atomic E-state index is 0. The van der Waals surface area contributed by atoms with E-state index in [1.807, 2.05) is 36.4 Å². The lowest BCUT2D eigenvalue weighted by atomic mass is 10.2. The van der Waals surface area contributed by atoms with E-state index in [1.54, 1.807) is 7.05 Å². The molecule has 0 radical (unpaired) electrons. The van der Waals surface area contributed by atoms with Gasteiger partial charge in [0.05, 0.1) is 0 Å². The smallest absolute Gasteiger partial charge is 0.251 e. The van der Waals surface area contributed by atoms with E-state index in [0.29, 0.717) is 18.7 Å². The van der Waals surface area contributed by atoms with Gasteiger partial charge in [0, 0.05) is 57.6 Å². The third-order valence-electron chi connectivity index (χ3n) is 4.64. The van der Waals surface area contributed by atoms with Crippen molar-refractivity contribution in [2.75, 3.05) is 51.2 Å². The molecule has 3 rings (SSSR count). The summed E-state index contributed by atoms with van der Waals surface area (Å²) in [7, 11) is 1.80. The number of carbonyl (C=O) groups excluding carboxylic acids is 1. The number of hydrogen-bond acceptors (Lipinski definition) is 3. The molecule has 0 aromatic heterocycles. The Bertz CT molecular complexity index is 746. The van der Waals surface area contributed by atoms with E-state index in [4.69, 9.17) is 0 Å². The molecule has 0 atom stereocenters. The third kappa shape index (κ3) is 6.12. The number of nitrogens with zero attached hydrogens (tertiary/aromatic N) is 3. The van der Waals surface area contributed by atoms with Crippen LogP contribution in [0.5, 0.6) is 0 Å². The summed E-state index contributed by atoms with van der Waals surface area (Å²) in [5, 5.41) is 6.27. The molecule has 2 N–H and O–H groups in total. The van der Waals surface area contributed by atoms with Crippen molar-refractivity contribution in [1.29, 1.82) is 0 Å². The van der Waals surface area contributed by atoms with Crippen LogP contribution in [0.4, 0.5) is 5.69 Å². The van der Waals surface area contributed by atoms with Crippen LogP contribution in [0.15, 0.2) is 65.7 Å². The molecule has 1 heterocycles. The van der Waals surface area contributed by atoms with Gasteiger partial charge in [-0.25, -0.2) is 0 Å². The fourth-order valence-corrected chi connectivity index (χ4v) is 3.19. The molecule has 0 spiro atoms. The molecule has 0 aliphatic carbocycles. The molecule has 7 heteroatoms. The maximum Gasteiger partial charge on any atom is 0.251 e. The number of carbonyl (C=O) groups is 1. The van der Waals surface area contributed by atoms with Crippen molar-refractivity contribution in [1.82, 2.24) is 15.5 Å². The Hall–Kier alpha value is -2.29. The first-order valence-electron chi connectivity index (χ1n) is 9.37. The molecule has 150 valence electrons. The lowest BCUT2D eigenvalue weighted by Gasteiger charge is -2.37. The van der Waals surface area contributed by atoms with Crippen LogP contribution in [0.25, 0.3) is 0 Å². The highest BCUT2D eigenvalue weighted by molar-refractivity contribution is 14.0. The summed E-state index contributed by atoms with van der Waals surface area (Å²) < 4.78 is 0. The van der Waals surface area contributed by atoms with Crippen molar-refractivity contribution in [3.05, 3.63) is 66.2 Å². The first-order chi connectivity index (χ1) is 13.3. The van der Waals surface area contributed by atoms with Crippen LogP contribution in [-0.4, -0.2) is 63.1 Å². The number of piperazine rings is 1. The van der Waals surface area contributed by atoms with Crippen molar-refractivity contribution in [3.63, 3.8) is 0 Å². The predicted octanol–water partition coefficient (Wildman–Crippen LogP) is 2.43. The fraction of sp³-hybridized carbons (Fsp3) is 0.333. The minimum Gasteiger partial charge on any atom is -0.368 e. The Morgan fingerprint density at radius 3 is 2.07 bits per heavy atom. The van der Waals surface area contributed by atoms with Gasteiger partial charge in [0.2, 0.25) is 0 Å². The second kappa shape index (κ2) is 11.5. The van der Waals surface area contributed by atoms with Crippen molar-refractivity contribution in [2.45, 2.75) is 0 Å². The van der Waals surface area contributed by atoms with Gasteiger partial charge in [-0.15, -0.1) is 24.0 Å². The third-order valence-corrected chi connectivity index (χ3v) is 4.64. The molecular weight excluding hydrogens is 465 g/mol. The second-order valence-corrected chi connectivity index (χ2v) is 6.41. The van der Waals surface area contributed by atoms with Gasteiger partial charge in [-0.3, -0.25) is 9.79 Å². The number of halogens is 1. The first kappa shape index (κ1) is 22.0. The zero-order valence-corrected chi connectivity index (χ0v) is 18.5. The number of benzene rings is 2. The molecule has 0 saturated carbocycles. The topological polar surface area (TPSA) is 60.0 Å². The van der Waals surface area contributed by atoms with Crippen LogP contribution >= 0.6 is 24.0 Å². The molecule has 2 aromatic rings. The first-order valence-corrected chi connectivity index (χ1v) is 9.37. The average Bonchev–Trinajstić information content (AvgIpc) is 2.75. The maximum atomic E-state index is 12.0. The standard InChI is InChI=1S/C21H27N5O.HI/c1-22-21(24-13-12-23-20(27)18-8-4-2-5-9-18)26-16-14-25(15-17-26)19-10-6-3-7-11-19;/h2-11H,12-17H2,1H3,(H,22,24)(H,23,27);1H. The van der Waals surface area contributed by atoms with Crippen LogP contribution in [-0.2, 0) is 0 Å². The monoisotopic (exact) mass is 493 g/mol. The summed E-state index contributed by atoms with van der Waals surface area (Å²) in [4.78, 5) is 21.1. The van der Waals surface area contributed by atoms with Gasteiger partial charge in [0.1, 0.15) is 0 Å². The molecule has 1 amide bonds. The minimum atomic E-state index is -0.0520. The molecule has 0 bridgehead atoms. The summed E-state index contributed by atoms with van der Waals surface area (Å²) in [6, 6.07) is 19.8. The van der Waals surface area contributed by atoms with E-state index in [0.717, 1.165) is 32.1 Å². The molecule has 1 aliphatic heterocycles. The van der Waals surface area contributed by atoms with Crippen molar-refractivity contribution in [2.24, 2.45) is 4.99 Å². The number of rotatable bonds is 5. The molecule has 1 aliphatic rings. The number of amides is 1. The van der Waals surface area contributed by atoms with Crippen molar-refractivity contribution >= 4 is 41.5 Å². The second-order valence-electron chi connectivity index (χ2n) is 6.41. The lowest BCUT2D eigenvalue weighted by Crippen LogP contribution is -2.53. The number of nitrogens with one attached hydrogen (secondary N) is 2. The Morgan fingerprint density at radius 1 is 0.893 bits per heavy atom. The Morgan fingerprint density at radius 2 is 1.46 bits per heavy atom.